The summed E-state index contributed by atoms with van der Waals surface area (Å²) in [6.07, 6.45) is 0.979. The number of nitrogens with zero attached hydrogens (tertiary/aromatic N) is 2. The van der Waals surface area contributed by atoms with E-state index in [1.165, 1.54) is 0 Å². The van der Waals surface area contributed by atoms with Crippen molar-refractivity contribution in [2.24, 2.45) is 11.8 Å². The number of ether oxygens (including phenoxy) is 1. The molecule has 6 heteroatoms. The molecule has 2 aliphatic heterocycles. The summed E-state index contributed by atoms with van der Waals surface area (Å²) in [5.41, 5.74) is 0. The van der Waals surface area contributed by atoms with E-state index < -0.39 is 0 Å². The van der Waals surface area contributed by atoms with Crippen molar-refractivity contribution in [1.29, 1.82) is 0 Å². The highest BCUT2D eigenvalue weighted by Crippen LogP contribution is 2.26. The van der Waals surface area contributed by atoms with Crippen LogP contribution in [0.15, 0.2) is 17.5 Å². The van der Waals surface area contributed by atoms with Crippen LogP contribution in [0, 0.1) is 11.8 Å². The quantitative estimate of drug-likeness (QED) is 0.872. The monoisotopic (exact) mass is 352 g/mol. The van der Waals surface area contributed by atoms with Gasteiger partial charge >= 0.3 is 0 Å². The number of hydrogen-bond acceptors (Lipinski definition) is 5. The molecule has 2 fully saturated rings. The summed E-state index contributed by atoms with van der Waals surface area (Å²) in [7, 11) is 0. The van der Waals surface area contributed by atoms with Crippen molar-refractivity contribution in [3.8, 4) is 0 Å². The Balaban J connectivity index is 1.56. The molecule has 3 heterocycles. The minimum atomic E-state index is 0.156. The zero-order chi connectivity index (χ0) is 17.1. The van der Waals surface area contributed by atoms with Crippen molar-refractivity contribution in [3.63, 3.8) is 0 Å². The van der Waals surface area contributed by atoms with E-state index in [0.29, 0.717) is 18.9 Å². The molecule has 2 aliphatic rings. The lowest BCUT2D eigenvalue weighted by Gasteiger charge is -2.37. The van der Waals surface area contributed by atoms with E-state index in [-0.39, 0.29) is 30.6 Å². The van der Waals surface area contributed by atoms with Crippen LogP contribution in [0.3, 0.4) is 0 Å². The van der Waals surface area contributed by atoms with Gasteiger partial charge in [-0.05, 0) is 31.2 Å². The highest BCUT2D eigenvalue weighted by atomic mass is 32.1. The topological polar surface area (TPSA) is 53.0 Å². The number of carbonyl (C=O) groups excluding carboxylic acids is 1. The number of likely N-dealkylation sites (tertiary alicyclic amines) is 1. The molecule has 4 atom stereocenters. The van der Waals surface area contributed by atoms with Crippen LogP contribution in [0.2, 0.25) is 0 Å². The summed E-state index contributed by atoms with van der Waals surface area (Å²) < 4.78 is 5.80. The number of hydrogen-bond donors (Lipinski definition) is 1. The average Bonchev–Trinajstić information content (AvgIpc) is 3.15. The lowest BCUT2D eigenvalue weighted by atomic mass is 9.96. The van der Waals surface area contributed by atoms with Crippen molar-refractivity contribution < 1.29 is 14.6 Å². The second-order valence-corrected chi connectivity index (χ2v) is 8.27. The Bertz CT molecular complexity index is 526. The molecule has 3 rings (SSSR count). The van der Waals surface area contributed by atoms with E-state index in [0.717, 1.165) is 31.1 Å². The van der Waals surface area contributed by atoms with Crippen LogP contribution in [0.1, 0.15) is 18.7 Å². The molecule has 134 valence electrons. The second-order valence-electron chi connectivity index (χ2n) is 7.23. The summed E-state index contributed by atoms with van der Waals surface area (Å²) in [6, 6.07) is 3.99. The number of thiophene rings is 1. The van der Waals surface area contributed by atoms with E-state index in [9.17, 15) is 9.90 Å². The van der Waals surface area contributed by atoms with Crippen molar-refractivity contribution in [2.75, 3.05) is 39.3 Å². The summed E-state index contributed by atoms with van der Waals surface area (Å²) >= 11 is 1.63. The number of amides is 1. The van der Waals surface area contributed by atoms with Gasteiger partial charge in [-0.2, -0.15) is 0 Å². The zero-order valence-corrected chi connectivity index (χ0v) is 15.4. The highest BCUT2D eigenvalue weighted by Gasteiger charge is 2.36. The molecule has 0 saturated carbocycles. The van der Waals surface area contributed by atoms with Gasteiger partial charge in [0.15, 0.2) is 0 Å². The molecule has 0 radical (unpaired) electrons. The van der Waals surface area contributed by atoms with E-state index in [1.54, 1.807) is 11.3 Å². The fraction of sp³-hybridized carbons (Fsp3) is 0.722. The predicted molar refractivity (Wildman–Crippen MR) is 95.1 cm³/mol. The molecule has 5 nitrogen and oxygen atoms in total. The van der Waals surface area contributed by atoms with Crippen LogP contribution < -0.4 is 0 Å². The molecule has 24 heavy (non-hydrogen) atoms. The van der Waals surface area contributed by atoms with Gasteiger partial charge in [0.2, 0.25) is 5.91 Å². The summed E-state index contributed by atoms with van der Waals surface area (Å²) in [5, 5.41) is 11.8. The standard InChI is InChI=1S/C18H28N2O3S/c1-13-7-19(8-14(2)23-13)9-15-10-20(11-16(15)12-21)18(22)6-17-4-3-5-24-17/h3-5,13-16,21H,6-12H2,1-2H3/t13-,14+,15-,16-/m1/s1. The van der Waals surface area contributed by atoms with Crippen LogP contribution in [0.4, 0.5) is 0 Å². The van der Waals surface area contributed by atoms with Gasteiger partial charge in [0.1, 0.15) is 0 Å². The number of aliphatic hydroxyl groups excluding tert-OH is 1. The zero-order valence-electron chi connectivity index (χ0n) is 14.6. The van der Waals surface area contributed by atoms with Gasteiger partial charge in [0.05, 0.1) is 18.6 Å². The van der Waals surface area contributed by atoms with Gasteiger partial charge in [-0.1, -0.05) is 6.07 Å². The third-order valence-electron chi connectivity index (χ3n) is 5.06. The van der Waals surface area contributed by atoms with Gasteiger partial charge in [-0.15, -0.1) is 11.3 Å². The first-order valence-electron chi connectivity index (χ1n) is 8.84. The molecule has 0 aliphatic carbocycles. The lowest BCUT2D eigenvalue weighted by Crippen LogP contribution is -2.48. The average molecular weight is 353 g/mol. The Morgan fingerprint density at radius 1 is 1.25 bits per heavy atom. The van der Waals surface area contributed by atoms with E-state index >= 15 is 0 Å². The van der Waals surface area contributed by atoms with Gasteiger partial charge in [-0.25, -0.2) is 0 Å². The summed E-state index contributed by atoms with van der Waals surface area (Å²) in [6.45, 7) is 8.62. The fourth-order valence-electron chi connectivity index (χ4n) is 4.00. The van der Waals surface area contributed by atoms with Crippen LogP contribution in [-0.2, 0) is 16.0 Å². The Morgan fingerprint density at radius 2 is 1.96 bits per heavy atom. The van der Waals surface area contributed by atoms with Crippen molar-refractivity contribution in [2.45, 2.75) is 32.5 Å². The van der Waals surface area contributed by atoms with Crippen molar-refractivity contribution in [1.82, 2.24) is 9.80 Å². The van der Waals surface area contributed by atoms with Crippen LogP contribution in [0.5, 0.6) is 0 Å². The highest BCUT2D eigenvalue weighted by molar-refractivity contribution is 7.10. The molecular weight excluding hydrogens is 324 g/mol. The van der Waals surface area contributed by atoms with E-state index in [4.69, 9.17) is 4.74 Å². The molecule has 0 unspecified atom stereocenters. The third kappa shape index (κ3) is 4.36. The Labute approximate surface area is 148 Å². The number of rotatable bonds is 5. The predicted octanol–water partition coefficient (Wildman–Crippen LogP) is 1.47. The maximum absolute atomic E-state index is 12.5. The van der Waals surface area contributed by atoms with Crippen LogP contribution >= 0.6 is 11.3 Å². The summed E-state index contributed by atoms with van der Waals surface area (Å²) in [4.78, 5) is 18.0. The molecule has 0 bridgehead atoms. The first-order valence-corrected chi connectivity index (χ1v) is 9.72. The molecule has 2 saturated heterocycles. The SMILES string of the molecule is C[C@@H]1CN(C[C@@H]2CN(C(=O)Cc3cccs3)C[C@@H]2CO)C[C@H](C)O1. The first-order chi connectivity index (χ1) is 11.5. The molecule has 0 spiro atoms. The largest absolute Gasteiger partial charge is 0.396 e. The fourth-order valence-corrected chi connectivity index (χ4v) is 4.69. The van der Waals surface area contributed by atoms with Gasteiger partial charge in [-0.3, -0.25) is 9.69 Å². The van der Waals surface area contributed by atoms with Crippen molar-refractivity contribution in [3.05, 3.63) is 22.4 Å². The van der Waals surface area contributed by atoms with E-state index in [1.807, 2.05) is 22.4 Å². The first kappa shape index (κ1) is 17.9. The Kier molecular flexibility index (Phi) is 5.92. The third-order valence-corrected chi connectivity index (χ3v) is 5.93. The van der Waals surface area contributed by atoms with Crippen LogP contribution in [-0.4, -0.2) is 72.4 Å². The summed E-state index contributed by atoms with van der Waals surface area (Å²) in [5.74, 6) is 0.715. The molecule has 1 aromatic heterocycles. The Hall–Kier alpha value is -0.950. The molecule has 0 aromatic carbocycles. The number of morpholine rings is 1. The molecule has 1 amide bonds. The Morgan fingerprint density at radius 3 is 2.58 bits per heavy atom. The normalized spacial score (nSPS) is 31.5. The minimum absolute atomic E-state index is 0.156. The lowest BCUT2D eigenvalue weighted by molar-refractivity contribution is -0.129. The number of aliphatic hydroxyl groups is 1. The number of carbonyl (C=O) groups is 1. The van der Waals surface area contributed by atoms with E-state index in [2.05, 4.69) is 18.7 Å². The second kappa shape index (κ2) is 7.95. The minimum Gasteiger partial charge on any atom is -0.396 e. The molecular formula is C18H28N2O3S. The molecule has 1 aromatic rings. The smallest absolute Gasteiger partial charge is 0.227 e. The van der Waals surface area contributed by atoms with Crippen LogP contribution in [0.25, 0.3) is 0 Å². The van der Waals surface area contributed by atoms with Gasteiger partial charge in [0.25, 0.3) is 0 Å². The maximum Gasteiger partial charge on any atom is 0.227 e. The van der Waals surface area contributed by atoms with Gasteiger partial charge in [0, 0.05) is 50.1 Å². The molecule has 1 N–H and O–H groups in total. The van der Waals surface area contributed by atoms with Crippen molar-refractivity contribution >= 4 is 17.2 Å². The van der Waals surface area contributed by atoms with Gasteiger partial charge < -0.3 is 14.7 Å². The maximum atomic E-state index is 12.5.